The molecule has 2 aromatic heterocycles. The van der Waals surface area contributed by atoms with E-state index in [0.717, 1.165) is 41.0 Å². The zero-order valence-electron chi connectivity index (χ0n) is 22.5. The normalized spacial score (nSPS) is 15.7. The predicted molar refractivity (Wildman–Crippen MR) is 150 cm³/mol. The van der Waals surface area contributed by atoms with Crippen molar-refractivity contribution in [2.45, 2.75) is 24.8 Å². The molecule has 0 radical (unpaired) electrons. The number of sulfonamides is 1. The molecule has 14 heteroatoms. The first-order valence-corrected chi connectivity index (χ1v) is 14.3. The molecule has 3 heterocycles. The number of pyridine rings is 1. The van der Waals surface area contributed by atoms with Crippen molar-refractivity contribution in [1.29, 1.82) is 0 Å². The van der Waals surface area contributed by atoms with Crippen LogP contribution in [0.5, 0.6) is 0 Å². The minimum absolute atomic E-state index is 0.0441. The van der Waals surface area contributed by atoms with Crippen LogP contribution in [-0.2, 0) is 14.8 Å². The molecule has 2 N–H and O–H groups in total. The number of amides is 1. The van der Waals surface area contributed by atoms with E-state index in [4.69, 9.17) is 5.14 Å². The fourth-order valence-corrected chi connectivity index (χ4v) is 6.01. The van der Waals surface area contributed by atoms with E-state index in [9.17, 15) is 26.8 Å². The van der Waals surface area contributed by atoms with Crippen molar-refractivity contribution >= 4 is 32.7 Å². The number of nitrogens with zero attached hydrogens (tertiary/aromatic N) is 5. The van der Waals surface area contributed by atoms with Gasteiger partial charge in [-0.05, 0) is 50.3 Å². The molecular weight excluding hydrogens is 573 g/mol. The highest BCUT2D eigenvalue weighted by Gasteiger charge is 2.31. The molecule has 5 rings (SSSR count). The molecule has 1 aliphatic rings. The van der Waals surface area contributed by atoms with Crippen LogP contribution in [0.15, 0.2) is 64.9 Å². The Labute approximate surface area is 238 Å². The Kier molecular flexibility index (Phi) is 7.37. The number of benzene rings is 2. The standard InChI is InChI=1S/C28H25F3N6O4S/c1-4-24(38)35-10-11-36(15(2)14-35)27-18-12-21(31)17(25-19(29)6-5-7-20(25)30)13-22(18)37(28(39)34-27)26-16(3)33-9-8-23(26)42(32,40)41/h4-9,12-13,15H,1,10-11,14H2,2-3H3,(H2,32,40,41)/t15-/m0/s1. The van der Waals surface area contributed by atoms with Gasteiger partial charge in [-0.1, -0.05) is 12.6 Å². The molecule has 1 amide bonds. The van der Waals surface area contributed by atoms with E-state index < -0.39 is 49.2 Å². The summed E-state index contributed by atoms with van der Waals surface area (Å²) in [6.45, 7) is 7.43. The number of anilines is 1. The molecule has 218 valence electrons. The van der Waals surface area contributed by atoms with Crippen LogP contribution >= 0.6 is 0 Å². The molecule has 42 heavy (non-hydrogen) atoms. The molecule has 0 bridgehead atoms. The highest BCUT2D eigenvalue weighted by Crippen LogP contribution is 2.36. The molecule has 1 saturated heterocycles. The van der Waals surface area contributed by atoms with E-state index in [2.05, 4.69) is 16.5 Å². The average molecular weight is 599 g/mol. The van der Waals surface area contributed by atoms with Crippen molar-refractivity contribution in [2.75, 3.05) is 24.5 Å². The van der Waals surface area contributed by atoms with E-state index >= 15 is 4.39 Å². The number of piperazine rings is 1. The van der Waals surface area contributed by atoms with Crippen molar-refractivity contribution in [3.63, 3.8) is 0 Å². The zero-order chi connectivity index (χ0) is 30.5. The minimum Gasteiger partial charge on any atom is -0.350 e. The monoisotopic (exact) mass is 598 g/mol. The quantitative estimate of drug-likeness (QED) is 0.350. The highest BCUT2D eigenvalue weighted by molar-refractivity contribution is 7.89. The lowest BCUT2D eigenvalue weighted by atomic mass is 10.0. The number of fused-ring (bicyclic) bond motifs is 1. The Morgan fingerprint density at radius 1 is 1.12 bits per heavy atom. The third-order valence-corrected chi connectivity index (χ3v) is 8.12. The van der Waals surface area contributed by atoms with Crippen LogP contribution in [0, 0.1) is 24.4 Å². The summed E-state index contributed by atoms with van der Waals surface area (Å²) in [5.41, 5.74) is -2.41. The second-order valence-electron chi connectivity index (χ2n) is 9.82. The average Bonchev–Trinajstić information content (AvgIpc) is 2.92. The lowest BCUT2D eigenvalue weighted by Gasteiger charge is -2.40. The molecule has 2 aromatic carbocycles. The summed E-state index contributed by atoms with van der Waals surface area (Å²) in [7, 11) is -4.41. The molecule has 0 unspecified atom stereocenters. The van der Waals surface area contributed by atoms with Crippen LogP contribution in [0.1, 0.15) is 12.6 Å². The van der Waals surface area contributed by atoms with Gasteiger partial charge in [-0.3, -0.25) is 14.3 Å². The Morgan fingerprint density at radius 2 is 1.81 bits per heavy atom. The largest absolute Gasteiger partial charge is 0.354 e. The van der Waals surface area contributed by atoms with Crippen molar-refractivity contribution < 1.29 is 26.4 Å². The SMILES string of the molecule is C=CC(=O)N1CCN(c2nc(=O)n(-c3c(S(N)(=O)=O)ccnc3C)c3cc(-c4c(F)cccc4F)c(F)cc23)[C@@H](C)C1. The van der Waals surface area contributed by atoms with Crippen LogP contribution < -0.4 is 15.7 Å². The number of hydrogen-bond acceptors (Lipinski definition) is 7. The second kappa shape index (κ2) is 10.7. The summed E-state index contributed by atoms with van der Waals surface area (Å²) < 4.78 is 71.3. The van der Waals surface area contributed by atoms with Gasteiger partial charge in [0, 0.05) is 42.8 Å². The number of aromatic nitrogens is 3. The third kappa shape index (κ3) is 4.92. The zero-order valence-corrected chi connectivity index (χ0v) is 23.3. The molecule has 0 saturated carbocycles. The van der Waals surface area contributed by atoms with E-state index in [1.54, 1.807) is 16.7 Å². The summed E-state index contributed by atoms with van der Waals surface area (Å²) in [4.78, 5) is 37.1. The van der Waals surface area contributed by atoms with Gasteiger partial charge >= 0.3 is 5.69 Å². The number of nitrogens with two attached hydrogens (primary N) is 1. The number of hydrogen-bond donors (Lipinski definition) is 1. The van der Waals surface area contributed by atoms with Crippen LogP contribution in [0.2, 0.25) is 0 Å². The van der Waals surface area contributed by atoms with E-state index in [1.165, 1.54) is 19.2 Å². The number of primary sulfonamides is 1. The Bertz CT molecular complexity index is 1930. The summed E-state index contributed by atoms with van der Waals surface area (Å²) in [5, 5.41) is 5.51. The number of carbonyl (C=O) groups excluding carboxylic acids is 1. The van der Waals surface area contributed by atoms with Crippen LogP contribution in [0.25, 0.3) is 27.7 Å². The van der Waals surface area contributed by atoms with Gasteiger partial charge in [0.15, 0.2) is 0 Å². The molecule has 10 nitrogen and oxygen atoms in total. The van der Waals surface area contributed by atoms with E-state index in [0.29, 0.717) is 0 Å². The Morgan fingerprint density at radius 3 is 2.43 bits per heavy atom. The molecule has 1 atom stereocenters. The number of carbonyl (C=O) groups is 1. The molecule has 1 fully saturated rings. The topological polar surface area (TPSA) is 131 Å². The number of halogens is 3. The first-order chi connectivity index (χ1) is 19.8. The van der Waals surface area contributed by atoms with Crippen LogP contribution in [0.4, 0.5) is 19.0 Å². The first kappa shape index (κ1) is 29.0. The van der Waals surface area contributed by atoms with Gasteiger partial charge in [0.25, 0.3) is 0 Å². The van der Waals surface area contributed by atoms with Gasteiger partial charge in [0.05, 0.1) is 22.5 Å². The molecule has 0 spiro atoms. The van der Waals surface area contributed by atoms with Gasteiger partial charge in [-0.25, -0.2) is 31.5 Å². The number of rotatable bonds is 5. The highest BCUT2D eigenvalue weighted by atomic mass is 32.2. The molecule has 1 aliphatic heterocycles. The van der Waals surface area contributed by atoms with E-state index in [-0.39, 0.29) is 59.7 Å². The fraction of sp³-hybridized carbons (Fsp3) is 0.214. The summed E-state index contributed by atoms with van der Waals surface area (Å²) in [6.07, 6.45) is 2.38. The summed E-state index contributed by atoms with van der Waals surface area (Å²) in [6, 6.07) is 5.82. The van der Waals surface area contributed by atoms with Crippen molar-refractivity contribution in [2.24, 2.45) is 5.14 Å². The lowest BCUT2D eigenvalue weighted by Crippen LogP contribution is -2.54. The summed E-state index contributed by atoms with van der Waals surface area (Å²) >= 11 is 0. The van der Waals surface area contributed by atoms with E-state index in [1.807, 2.05) is 0 Å². The minimum atomic E-state index is -4.41. The fourth-order valence-electron chi connectivity index (χ4n) is 5.25. The number of aryl methyl sites for hydroxylation is 1. The Hall–Kier alpha value is -4.56. The lowest BCUT2D eigenvalue weighted by molar-refractivity contribution is -0.126. The molecule has 4 aromatic rings. The molecular formula is C28H25F3N6O4S. The van der Waals surface area contributed by atoms with Gasteiger partial charge in [0.1, 0.15) is 28.2 Å². The first-order valence-electron chi connectivity index (χ1n) is 12.7. The predicted octanol–water partition coefficient (Wildman–Crippen LogP) is 3.04. The maximum absolute atomic E-state index is 15.7. The van der Waals surface area contributed by atoms with Gasteiger partial charge in [0.2, 0.25) is 15.9 Å². The van der Waals surface area contributed by atoms with Crippen molar-refractivity contribution in [3.8, 4) is 16.8 Å². The molecule has 0 aliphatic carbocycles. The van der Waals surface area contributed by atoms with Crippen molar-refractivity contribution in [1.82, 2.24) is 19.4 Å². The van der Waals surface area contributed by atoms with Gasteiger partial charge < -0.3 is 9.80 Å². The van der Waals surface area contributed by atoms with Crippen LogP contribution in [-0.4, -0.2) is 59.4 Å². The smallest absolute Gasteiger partial charge is 0.350 e. The third-order valence-electron chi connectivity index (χ3n) is 7.18. The second-order valence-corrected chi connectivity index (χ2v) is 11.3. The Balaban J connectivity index is 1.86. The van der Waals surface area contributed by atoms with Crippen molar-refractivity contribution in [3.05, 3.63) is 88.9 Å². The van der Waals surface area contributed by atoms with Gasteiger partial charge in [-0.2, -0.15) is 4.98 Å². The maximum Gasteiger partial charge on any atom is 0.354 e. The summed E-state index contributed by atoms with van der Waals surface area (Å²) in [5.74, 6) is -3.34. The maximum atomic E-state index is 15.7. The van der Waals surface area contributed by atoms with Crippen LogP contribution in [0.3, 0.4) is 0 Å². The van der Waals surface area contributed by atoms with Gasteiger partial charge in [-0.15, -0.1) is 0 Å².